The van der Waals surface area contributed by atoms with Crippen LogP contribution in [-0.2, 0) is 13.9 Å². The summed E-state index contributed by atoms with van der Waals surface area (Å²) in [5.41, 5.74) is -0.440. The van der Waals surface area contributed by atoms with Crippen LogP contribution in [-0.4, -0.2) is 33.5 Å². The minimum absolute atomic E-state index is 0.430. The van der Waals surface area contributed by atoms with Crippen molar-refractivity contribution in [2.24, 2.45) is 5.92 Å². The quantitative estimate of drug-likeness (QED) is 0.541. The molecule has 0 amide bonds. The Morgan fingerprint density at radius 3 is 2.18 bits per heavy atom. The Balaban J connectivity index is 3.03. The molecule has 0 aromatic rings. The fraction of sp³-hybridized carbons (Fsp3) is 1.00. The van der Waals surface area contributed by atoms with E-state index in [0.29, 0.717) is 19.1 Å². The molecule has 1 rings (SSSR count). The van der Waals surface area contributed by atoms with E-state index in [2.05, 4.69) is 20.4 Å². The van der Waals surface area contributed by atoms with Crippen LogP contribution in [0.2, 0.25) is 12.6 Å². The summed E-state index contributed by atoms with van der Waals surface area (Å²) in [4.78, 5) is 0. The molecule has 1 aliphatic heterocycles. The van der Waals surface area contributed by atoms with E-state index in [1.54, 1.807) is 0 Å². The van der Waals surface area contributed by atoms with E-state index in [-0.39, 0.29) is 0 Å². The summed E-state index contributed by atoms with van der Waals surface area (Å²) in [5, 5.41) is 0. The smallest absolute Gasteiger partial charge is 0.254 e. The molecule has 0 N–H and O–H groups in total. The normalized spacial score (nSPS) is 32.6. The van der Waals surface area contributed by atoms with Crippen LogP contribution in [0.1, 0.15) is 40.5 Å². The Bertz CT molecular complexity index is 225. The Morgan fingerprint density at radius 1 is 1.12 bits per heavy atom. The van der Waals surface area contributed by atoms with Crippen molar-refractivity contribution >= 4 is 8.32 Å². The predicted molar refractivity (Wildman–Crippen MR) is 72.4 cm³/mol. The highest BCUT2D eigenvalue weighted by molar-refractivity contribution is 6.75. The molecule has 0 aliphatic carbocycles. The Morgan fingerprint density at radius 2 is 1.71 bits per heavy atom. The van der Waals surface area contributed by atoms with E-state index in [1.807, 2.05) is 13.8 Å². The van der Waals surface area contributed by atoms with Gasteiger partial charge in [-0.3, -0.25) is 0 Å². The first-order valence-electron chi connectivity index (χ1n) is 6.98. The molecule has 0 bridgehead atoms. The van der Waals surface area contributed by atoms with Crippen LogP contribution < -0.4 is 0 Å². The number of hydrogen-bond donors (Lipinski definition) is 0. The minimum Gasteiger partial charge on any atom is -0.411 e. The van der Waals surface area contributed by atoms with Crippen molar-refractivity contribution in [1.82, 2.24) is 0 Å². The summed E-state index contributed by atoms with van der Waals surface area (Å²) in [5.74, 6) is 0.430. The lowest BCUT2D eigenvalue weighted by molar-refractivity contribution is -0.223. The standard InChI is InChI=1S/C13H28O3Si/c1-6-14-13(15-7-2)12(4)10-9-11-17(13,5)16-8-3/h12H,6-11H2,1-5H3. The summed E-state index contributed by atoms with van der Waals surface area (Å²) >= 11 is 0. The van der Waals surface area contributed by atoms with Crippen molar-refractivity contribution in [3.63, 3.8) is 0 Å². The molecule has 2 unspecified atom stereocenters. The zero-order chi connectivity index (χ0) is 12.9. The molecule has 17 heavy (non-hydrogen) atoms. The van der Waals surface area contributed by atoms with Gasteiger partial charge in [-0.1, -0.05) is 13.3 Å². The summed E-state index contributed by atoms with van der Waals surface area (Å²) < 4.78 is 18.4. The fourth-order valence-electron chi connectivity index (χ4n) is 3.18. The summed E-state index contributed by atoms with van der Waals surface area (Å²) in [6.07, 6.45) is 2.42. The van der Waals surface area contributed by atoms with Gasteiger partial charge in [-0.25, -0.2) is 0 Å². The van der Waals surface area contributed by atoms with Crippen LogP contribution in [0.5, 0.6) is 0 Å². The van der Waals surface area contributed by atoms with E-state index in [4.69, 9.17) is 13.9 Å². The maximum atomic E-state index is 6.15. The Kier molecular flexibility index (Phi) is 5.63. The third kappa shape index (κ3) is 2.75. The Labute approximate surface area is 107 Å². The second-order valence-electron chi connectivity index (χ2n) is 4.99. The maximum Gasteiger partial charge on any atom is 0.254 e. The lowest BCUT2D eigenvalue weighted by atomic mass is 10.0. The van der Waals surface area contributed by atoms with E-state index < -0.39 is 13.7 Å². The van der Waals surface area contributed by atoms with E-state index in [0.717, 1.165) is 12.7 Å². The highest BCUT2D eigenvalue weighted by atomic mass is 28.4. The van der Waals surface area contributed by atoms with Crippen LogP contribution in [0.4, 0.5) is 0 Å². The van der Waals surface area contributed by atoms with Gasteiger partial charge in [-0.15, -0.1) is 0 Å². The molecule has 0 aromatic heterocycles. The number of ether oxygens (including phenoxy) is 2. The largest absolute Gasteiger partial charge is 0.411 e. The molecule has 1 saturated heterocycles. The first-order chi connectivity index (χ1) is 8.06. The molecule has 2 atom stereocenters. The van der Waals surface area contributed by atoms with Crippen molar-refractivity contribution in [2.75, 3.05) is 19.8 Å². The van der Waals surface area contributed by atoms with Crippen molar-refractivity contribution in [3.05, 3.63) is 0 Å². The lowest BCUT2D eigenvalue weighted by Gasteiger charge is -2.51. The summed E-state index contributed by atoms with van der Waals surface area (Å²) in [6, 6.07) is 1.14. The van der Waals surface area contributed by atoms with Crippen LogP contribution in [0, 0.1) is 5.92 Å². The second kappa shape index (κ2) is 6.32. The van der Waals surface area contributed by atoms with Gasteiger partial charge >= 0.3 is 0 Å². The van der Waals surface area contributed by atoms with E-state index >= 15 is 0 Å². The maximum absolute atomic E-state index is 6.15. The molecule has 1 fully saturated rings. The number of rotatable bonds is 6. The molecule has 1 aliphatic rings. The van der Waals surface area contributed by atoms with Gasteiger partial charge in [-0.05, 0) is 39.8 Å². The average molecular weight is 260 g/mol. The van der Waals surface area contributed by atoms with Crippen molar-refractivity contribution in [3.8, 4) is 0 Å². The van der Waals surface area contributed by atoms with E-state index in [9.17, 15) is 0 Å². The van der Waals surface area contributed by atoms with Crippen LogP contribution in [0.3, 0.4) is 0 Å². The fourth-order valence-corrected chi connectivity index (χ4v) is 7.48. The average Bonchev–Trinajstić information content (AvgIpc) is 2.27. The highest BCUT2D eigenvalue weighted by Crippen LogP contribution is 2.44. The SMILES string of the molecule is CCOC1(OCC)C(C)CCC[Si]1(C)OCC. The van der Waals surface area contributed by atoms with Gasteiger partial charge in [0.05, 0.1) is 0 Å². The summed E-state index contributed by atoms with van der Waals surface area (Å²) in [7, 11) is -1.97. The molecule has 1 heterocycles. The van der Waals surface area contributed by atoms with Gasteiger partial charge in [0.25, 0.3) is 8.32 Å². The van der Waals surface area contributed by atoms with Crippen molar-refractivity contribution in [2.45, 2.75) is 58.5 Å². The Hall–Kier alpha value is 0.0969. The van der Waals surface area contributed by atoms with Gasteiger partial charge in [-0.2, -0.15) is 0 Å². The minimum atomic E-state index is -1.97. The zero-order valence-electron chi connectivity index (χ0n) is 12.0. The third-order valence-electron chi connectivity index (χ3n) is 3.86. The van der Waals surface area contributed by atoms with Crippen molar-refractivity contribution in [1.29, 1.82) is 0 Å². The van der Waals surface area contributed by atoms with Gasteiger partial charge in [0.1, 0.15) is 0 Å². The monoisotopic (exact) mass is 260 g/mol. The third-order valence-corrected chi connectivity index (χ3v) is 8.35. The van der Waals surface area contributed by atoms with Gasteiger partial charge in [0, 0.05) is 25.7 Å². The molecular formula is C13H28O3Si. The molecule has 0 radical (unpaired) electrons. The molecule has 0 aromatic carbocycles. The second-order valence-corrected chi connectivity index (χ2v) is 8.94. The van der Waals surface area contributed by atoms with Gasteiger partial charge in [0.15, 0.2) is 5.41 Å². The number of hydrogen-bond acceptors (Lipinski definition) is 3. The summed E-state index contributed by atoms with van der Waals surface area (Å²) in [6.45, 7) is 12.8. The van der Waals surface area contributed by atoms with Crippen LogP contribution in [0.25, 0.3) is 0 Å². The highest BCUT2D eigenvalue weighted by Gasteiger charge is 2.59. The topological polar surface area (TPSA) is 27.7 Å². The first-order valence-corrected chi connectivity index (χ1v) is 9.59. The molecular weight excluding hydrogens is 232 g/mol. The van der Waals surface area contributed by atoms with Gasteiger partial charge < -0.3 is 13.9 Å². The van der Waals surface area contributed by atoms with E-state index in [1.165, 1.54) is 12.8 Å². The van der Waals surface area contributed by atoms with Crippen LogP contribution in [0.15, 0.2) is 0 Å². The lowest BCUT2D eigenvalue weighted by Crippen LogP contribution is -2.67. The molecule has 0 spiro atoms. The molecule has 3 nitrogen and oxygen atoms in total. The first kappa shape index (κ1) is 15.2. The van der Waals surface area contributed by atoms with Crippen LogP contribution >= 0.6 is 0 Å². The molecule has 4 heteroatoms. The van der Waals surface area contributed by atoms with Gasteiger partial charge in [0.2, 0.25) is 0 Å². The van der Waals surface area contributed by atoms with Crippen molar-refractivity contribution < 1.29 is 13.9 Å². The predicted octanol–water partition coefficient (Wildman–Crippen LogP) is 3.34. The molecule has 0 saturated carbocycles. The zero-order valence-corrected chi connectivity index (χ0v) is 13.0. The molecule has 102 valence electrons.